The first-order valence-electron chi connectivity index (χ1n) is 6.10. The average molecular weight is 401 g/mol. The molecule has 3 rings (SSSR count). The molecule has 0 N–H and O–H groups in total. The summed E-state index contributed by atoms with van der Waals surface area (Å²) in [4.78, 5) is 0. The Bertz CT molecular complexity index is 625. The van der Waals surface area contributed by atoms with E-state index < -0.39 is 11.7 Å². The fraction of sp³-hybridized carbons (Fsp3) is 0.0667. The summed E-state index contributed by atoms with van der Waals surface area (Å²) in [6.45, 7) is 0. The Morgan fingerprint density at radius 3 is 2.19 bits per heavy atom. The van der Waals surface area contributed by atoms with Crippen LogP contribution in [0.1, 0.15) is 11.3 Å². The van der Waals surface area contributed by atoms with Crippen molar-refractivity contribution >= 4 is 22.6 Å². The lowest BCUT2D eigenvalue weighted by Gasteiger charge is -2.13. The molecule has 1 fully saturated rings. The van der Waals surface area contributed by atoms with Gasteiger partial charge in [0.1, 0.15) is 0 Å². The van der Waals surface area contributed by atoms with Crippen molar-refractivity contribution < 1.29 is 13.2 Å². The largest absolute Gasteiger partial charge is 0.416 e. The summed E-state index contributed by atoms with van der Waals surface area (Å²) in [5.74, 6) is 0.983. The third kappa shape index (κ3) is 2.95. The summed E-state index contributed by atoms with van der Waals surface area (Å²) in [6.07, 6.45) is 5.08. The predicted octanol–water partition coefficient (Wildman–Crippen LogP) is 4.25. The second-order valence-corrected chi connectivity index (χ2v) is 5.63. The predicted molar refractivity (Wildman–Crippen MR) is 80.8 cm³/mol. The van der Waals surface area contributed by atoms with E-state index in [2.05, 4.69) is 27.7 Å². The summed E-state index contributed by atoms with van der Waals surface area (Å²) in [7, 11) is 0. The molecule has 6 heteroatoms. The lowest BCUT2D eigenvalue weighted by atomic mass is 10.0. The first-order valence-corrected chi connectivity index (χ1v) is 7.18. The molecule has 1 aromatic heterocycles. The maximum atomic E-state index is 12.6. The monoisotopic (exact) mass is 401 g/mol. The molecule has 1 heterocycles. The fourth-order valence-electron chi connectivity index (χ4n) is 2.11. The molecule has 1 aliphatic rings. The Hall–Kier alpha value is -1.05. The van der Waals surface area contributed by atoms with Crippen LogP contribution in [-0.4, -0.2) is 9.78 Å². The van der Waals surface area contributed by atoms with Crippen LogP contribution < -0.4 is 0 Å². The third-order valence-corrected chi connectivity index (χ3v) is 3.89. The van der Waals surface area contributed by atoms with Crippen molar-refractivity contribution in [2.24, 2.45) is 0 Å². The van der Waals surface area contributed by atoms with E-state index in [-0.39, 0.29) is 0 Å². The maximum absolute atomic E-state index is 12.6. The fourth-order valence-corrected chi connectivity index (χ4v) is 2.77. The Morgan fingerprint density at radius 1 is 1.00 bits per heavy atom. The molecule has 2 aromatic rings. The van der Waals surface area contributed by atoms with Gasteiger partial charge < -0.3 is 0 Å². The van der Waals surface area contributed by atoms with Gasteiger partial charge in [-0.3, -0.25) is 0 Å². The number of hydrogen-bond donors (Lipinski definition) is 0. The zero-order chi connectivity index (χ0) is 15.0. The number of nitrogens with zero attached hydrogens (tertiary/aromatic N) is 2. The van der Waals surface area contributed by atoms with E-state index in [9.17, 15) is 13.2 Å². The van der Waals surface area contributed by atoms with Gasteiger partial charge in [0, 0.05) is 5.92 Å². The highest BCUT2D eigenvalue weighted by Gasteiger charge is 2.30. The normalized spacial score (nSPS) is 16.6. The smallest absolute Gasteiger partial charge is 0.236 e. The van der Waals surface area contributed by atoms with Crippen molar-refractivity contribution in [2.75, 3.05) is 0 Å². The van der Waals surface area contributed by atoms with Crippen molar-refractivity contribution in [1.29, 1.82) is 0 Å². The topological polar surface area (TPSA) is 17.8 Å². The van der Waals surface area contributed by atoms with Crippen LogP contribution in [0.15, 0.2) is 30.5 Å². The molecule has 0 amide bonds. The van der Waals surface area contributed by atoms with Gasteiger partial charge in [0.05, 0.1) is 26.7 Å². The van der Waals surface area contributed by atoms with E-state index in [1.807, 2.05) is 25.7 Å². The zero-order valence-corrected chi connectivity index (χ0v) is 12.8. The van der Waals surface area contributed by atoms with E-state index in [0.717, 1.165) is 27.3 Å². The highest BCUT2D eigenvalue weighted by atomic mass is 127. The first kappa shape index (κ1) is 14.9. The molecule has 0 atom stereocenters. The molecule has 107 valence electrons. The average Bonchev–Trinajstić information content (AvgIpc) is 3.06. The molecule has 0 bridgehead atoms. The van der Waals surface area contributed by atoms with Gasteiger partial charge in [-0.1, -0.05) is 0 Å². The van der Waals surface area contributed by atoms with Crippen molar-refractivity contribution in [1.82, 2.24) is 9.78 Å². The molecule has 1 aliphatic carbocycles. The summed E-state index contributed by atoms with van der Waals surface area (Å²) in [5.41, 5.74) is 0.811. The van der Waals surface area contributed by atoms with Crippen molar-refractivity contribution in [3.05, 3.63) is 76.9 Å². The minimum absolute atomic E-state index is 0.599. The zero-order valence-electron chi connectivity index (χ0n) is 10.6. The SMILES string of the molecule is FC(F)(F)c1ccc(-n2ncc(I)c2[C]2[CH][CH][CH][CH]2)cc1. The van der Waals surface area contributed by atoms with Crippen LogP contribution in [0.2, 0.25) is 0 Å². The molecule has 5 radical (unpaired) electrons. The van der Waals surface area contributed by atoms with Crippen molar-refractivity contribution in [3.63, 3.8) is 0 Å². The van der Waals surface area contributed by atoms with E-state index in [1.165, 1.54) is 12.1 Å². The van der Waals surface area contributed by atoms with Crippen LogP contribution in [-0.2, 0) is 6.18 Å². The van der Waals surface area contributed by atoms with Gasteiger partial charge in [0.2, 0.25) is 0 Å². The van der Waals surface area contributed by atoms with Crippen molar-refractivity contribution in [3.8, 4) is 5.69 Å². The Balaban J connectivity index is 1.97. The Kier molecular flexibility index (Phi) is 3.98. The highest BCUT2D eigenvalue weighted by Crippen LogP contribution is 2.35. The molecule has 1 aromatic carbocycles. The Labute approximate surface area is 134 Å². The molecular formula is C15H9F3IN2. The number of halogens is 4. The van der Waals surface area contributed by atoms with Crippen molar-refractivity contribution in [2.45, 2.75) is 6.18 Å². The second-order valence-electron chi connectivity index (χ2n) is 4.47. The van der Waals surface area contributed by atoms with Gasteiger partial charge in [-0.2, -0.15) is 18.3 Å². The number of rotatable bonds is 2. The number of benzene rings is 1. The van der Waals surface area contributed by atoms with Gasteiger partial charge in [0.15, 0.2) is 0 Å². The number of alkyl halides is 3. The summed E-state index contributed by atoms with van der Waals surface area (Å²) < 4.78 is 40.4. The van der Waals surface area contributed by atoms with Crippen LogP contribution in [0.4, 0.5) is 13.2 Å². The third-order valence-electron chi connectivity index (χ3n) is 3.10. The summed E-state index contributed by atoms with van der Waals surface area (Å²) in [6, 6.07) is 4.99. The van der Waals surface area contributed by atoms with E-state index in [4.69, 9.17) is 0 Å². The maximum Gasteiger partial charge on any atom is 0.416 e. The first-order chi connectivity index (χ1) is 9.97. The molecular weight excluding hydrogens is 392 g/mol. The molecule has 0 aliphatic heterocycles. The van der Waals surface area contributed by atoms with E-state index in [0.29, 0.717) is 5.69 Å². The molecule has 0 saturated heterocycles. The molecule has 21 heavy (non-hydrogen) atoms. The second kappa shape index (κ2) is 5.62. The van der Waals surface area contributed by atoms with Crippen LogP contribution >= 0.6 is 22.6 Å². The Morgan fingerprint density at radius 2 is 1.62 bits per heavy atom. The summed E-state index contributed by atoms with van der Waals surface area (Å²) in [5, 5.41) is 4.26. The molecule has 2 nitrogen and oxygen atoms in total. The van der Waals surface area contributed by atoms with Crippen LogP contribution in [0.3, 0.4) is 0 Å². The number of hydrogen-bond acceptors (Lipinski definition) is 1. The minimum Gasteiger partial charge on any atom is -0.236 e. The molecule has 0 unspecified atom stereocenters. The van der Waals surface area contributed by atoms with Gasteiger partial charge in [-0.25, -0.2) is 4.68 Å². The van der Waals surface area contributed by atoms with Crippen LogP contribution in [0.5, 0.6) is 0 Å². The highest BCUT2D eigenvalue weighted by molar-refractivity contribution is 14.1. The lowest BCUT2D eigenvalue weighted by molar-refractivity contribution is -0.137. The molecule has 1 saturated carbocycles. The summed E-state index contributed by atoms with van der Waals surface area (Å²) >= 11 is 2.17. The van der Waals surface area contributed by atoms with Gasteiger partial charge >= 0.3 is 6.18 Å². The quantitative estimate of drug-likeness (QED) is 0.689. The number of aromatic nitrogens is 2. The van der Waals surface area contributed by atoms with Gasteiger partial charge in [-0.15, -0.1) is 0 Å². The van der Waals surface area contributed by atoms with Crippen LogP contribution in [0.25, 0.3) is 5.69 Å². The van der Waals surface area contributed by atoms with E-state index >= 15 is 0 Å². The van der Waals surface area contributed by atoms with Gasteiger partial charge in [-0.05, 0) is 72.5 Å². The lowest BCUT2D eigenvalue weighted by Crippen LogP contribution is -2.09. The van der Waals surface area contributed by atoms with Gasteiger partial charge in [0.25, 0.3) is 0 Å². The standard InChI is InChI=1S/C15H9F3IN2/c16-15(17,18)11-5-7-12(8-6-11)21-14(13(19)9-20-21)10-3-1-2-4-10/h1-9H. The minimum atomic E-state index is -4.33. The van der Waals surface area contributed by atoms with Crippen LogP contribution in [0, 0.1) is 35.2 Å². The molecule has 0 spiro atoms. The van der Waals surface area contributed by atoms with E-state index in [1.54, 1.807) is 10.9 Å².